The third kappa shape index (κ3) is 5.82. The smallest absolute Gasteiger partial charge is 0.353 e. The van der Waals surface area contributed by atoms with Crippen LogP contribution in [0.25, 0.3) is 28.0 Å². The summed E-state index contributed by atoms with van der Waals surface area (Å²) in [5, 5.41) is 3.77. The number of nitrogens with zero attached hydrogens (tertiary/aromatic N) is 2. The molecule has 2 aromatic heterocycles. The molecule has 192 valence electrons. The van der Waals surface area contributed by atoms with Crippen molar-refractivity contribution in [2.45, 2.75) is 57.2 Å². The second kappa shape index (κ2) is 10.6. The minimum atomic E-state index is -4.42. The molecule has 4 nitrogen and oxygen atoms in total. The molecule has 1 amide bonds. The molecule has 1 aliphatic carbocycles. The Balaban J connectivity index is 1.50. The van der Waals surface area contributed by atoms with E-state index in [-0.39, 0.29) is 11.9 Å². The number of aryl methyl sites for hydroxylation is 1. The minimum Gasteiger partial charge on any atom is -0.353 e. The highest BCUT2D eigenvalue weighted by Crippen LogP contribution is 2.33. The van der Waals surface area contributed by atoms with E-state index in [9.17, 15) is 18.0 Å². The number of imidazole rings is 1. The number of pyridine rings is 1. The molecular formula is C29H27ClF3N3O. The lowest BCUT2D eigenvalue weighted by molar-refractivity contribution is -0.137. The molecule has 8 heteroatoms. The Labute approximate surface area is 218 Å². The van der Waals surface area contributed by atoms with Crippen molar-refractivity contribution in [2.24, 2.45) is 0 Å². The van der Waals surface area contributed by atoms with Crippen LogP contribution in [-0.4, -0.2) is 21.3 Å². The van der Waals surface area contributed by atoms with Crippen LogP contribution in [0.4, 0.5) is 13.2 Å². The summed E-state index contributed by atoms with van der Waals surface area (Å²) in [4.78, 5) is 17.6. The molecule has 1 fully saturated rings. The lowest BCUT2D eigenvalue weighted by Gasteiger charge is -2.22. The maximum Gasteiger partial charge on any atom is 0.416 e. The third-order valence-corrected chi connectivity index (χ3v) is 7.17. The zero-order chi connectivity index (χ0) is 26.0. The fourth-order valence-electron chi connectivity index (χ4n) is 5.00. The largest absolute Gasteiger partial charge is 0.416 e. The van der Waals surface area contributed by atoms with Crippen LogP contribution in [0.1, 0.15) is 49.8 Å². The van der Waals surface area contributed by atoms with Gasteiger partial charge >= 0.3 is 6.18 Å². The van der Waals surface area contributed by atoms with Crippen LogP contribution in [0.2, 0.25) is 5.02 Å². The Morgan fingerprint density at radius 2 is 1.70 bits per heavy atom. The SMILES string of the molecule is O=C(CCc1c(-c2ccc(Cl)cc2)nc2ccc(-c3cccc(C(F)(F)F)c3)cn12)NC1CCCCC1. The molecule has 5 rings (SSSR count). The summed E-state index contributed by atoms with van der Waals surface area (Å²) in [6.07, 6.45) is 3.61. The molecule has 0 bridgehead atoms. The highest BCUT2D eigenvalue weighted by atomic mass is 35.5. The number of fused-ring (bicyclic) bond motifs is 1. The summed E-state index contributed by atoms with van der Waals surface area (Å²) in [6.45, 7) is 0. The first-order valence-electron chi connectivity index (χ1n) is 12.5. The third-order valence-electron chi connectivity index (χ3n) is 6.92. The number of carbonyl (C=O) groups excluding carboxylic acids is 1. The van der Waals surface area contributed by atoms with Gasteiger partial charge in [-0.25, -0.2) is 4.98 Å². The number of hydrogen-bond acceptors (Lipinski definition) is 2. The second-order valence-electron chi connectivity index (χ2n) is 9.54. The Hall–Kier alpha value is -3.32. The molecule has 2 heterocycles. The standard InChI is InChI=1S/C29H27ClF3N3O/c30-23-12-9-19(10-13-23)28-25(14-16-27(37)34-24-7-2-1-3-8-24)36-18-21(11-15-26(36)35-28)20-5-4-6-22(17-20)29(31,32)33/h4-6,9-13,15,17-18,24H,1-3,7-8,14,16H2,(H,34,37). The summed E-state index contributed by atoms with van der Waals surface area (Å²) in [7, 11) is 0. The zero-order valence-corrected chi connectivity index (χ0v) is 20.9. The van der Waals surface area contributed by atoms with E-state index in [1.807, 2.05) is 16.5 Å². The first-order valence-corrected chi connectivity index (χ1v) is 12.9. The number of alkyl halides is 3. The molecule has 0 aliphatic heterocycles. The van der Waals surface area contributed by atoms with Crippen LogP contribution in [0.15, 0.2) is 66.9 Å². The normalized spacial score (nSPS) is 14.7. The van der Waals surface area contributed by atoms with E-state index in [2.05, 4.69) is 5.32 Å². The molecular weight excluding hydrogens is 499 g/mol. The van der Waals surface area contributed by atoms with Gasteiger partial charge in [-0.2, -0.15) is 13.2 Å². The molecule has 0 unspecified atom stereocenters. The molecule has 0 spiro atoms. The Kier molecular flexibility index (Phi) is 7.24. The van der Waals surface area contributed by atoms with Crippen molar-refractivity contribution in [3.8, 4) is 22.4 Å². The van der Waals surface area contributed by atoms with E-state index in [4.69, 9.17) is 16.6 Å². The van der Waals surface area contributed by atoms with E-state index < -0.39 is 11.7 Å². The predicted octanol–water partition coefficient (Wildman–Crippen LogP) is 7.72. The monoisotopic (exact) mass is 525 g/mol. The highest BCUT2D eigenvalue weighted by Gasteiger charge is 2.30. The van der Waals surface area contributed by atoms with Crippen LogP contribution in [0, 0.1) is 0 Å². The Morgan fingerprint density at radius 1 is 0.973 bits per heavy atom. The Morgan fingerprint density at radius 3 is 2.43 bits per heavy atom. The van der Waals surface area contributed by atoms with Crippen molar-refractivity contribution in [3.63, 3.8) is 0 Å². The zero-order valence-electron chi connectivity index (χ0n) is 20.2. The molecule has 37 heavy (non-hydrogen) atoms. The van der Waals surface area contributed by atoms with E-state index in [0.717, 1.165) is 54.8 Å². The van der Waals surface area contributed by atoms with Gasteiger partial charge in [0.15, 0.2) is 0 Å². The highest BCUT2D eigenvalue weighted by molar-refractivity contribution is 6.30. The topological polar surface area (TPSA) is 46.4 Å². The lowest BCUT2D eigenvalue weighted by Crippen LogP contribution is -2.36. The predicted molar refractivity (Wildman–Crippen MR) is 139 cm³/mol. The molecule has 2 aromatic carbocycles. The van der Waals surface area contributed by atoms with Gasteiger partial charge in [0.05, 0.1) is 17.0 Å². The molecule has 1 saturated carbocycles. The quantitative estimate of drug-likeness (QED) is 0.280. The average molecular weight is 526 g/mol. The first-order chi connectivity index (χ1) is 17.8. The van der Waals surface area contributed by atoms with E-state index in [1.165, 1.54) is 12.5 Å². The maximum atomic E-state index is 13.3. The van der Waals surface area contributed by atoms with Crippen molar-refractivity contribution in [1.29, 1.82) is 0 Å². The van der Waals surface area contributed by atoms with Crippen LogP contribution in [0.3, 0.4) is 0 Å². The molecule has 4 aromatic rings. The van der Waals surface area contributed by atoms with Gasteiger partial charge in [-0.1, -0.05) is 55.1 Å². The van der Waals surface area contributed by atoms with Gasteiger partial charge in [-0.15, -0.1) is 0 Å². The van der Waals surface area contributed by atoms with Crippen LogP contribution in [-0.2, 0) is 17.4 Å². The molecule has 1 N–H and O–H groups in total. The summed E-state index contributed by atoms with van der Waals surface area (Å²) < 4.78 is 41.8. The fourth-order valence-corrected chi connectivity index (χ4v) is 5.12. The fraction of sp³-hybridized carbons (Fsp3) is 0.310. The number of aromatic nitrogens is 2. The first kappa shape index (κ1) is 25.3. The van der Waals surface area contributed by atoms with Gasteiger partial charge in [0, 0.05) is 29.2 Å². The minimum absolute atomic E-state index is 0.00191. The summed E-state index contributed by atoms with van der Waals surface area (Å²) in [5.41, 5.74) is 3.45. The molecule has 0 atom stereocenters. The van der Waals surface area contributed by atoms with Gasteiger partial charge in [0.2, 0.25) is 5.91 Å². The average Bonchev–Trinajstić information content (AvgIpc) is 3.26. The van der Waals surface area contributed by atoms with Gasteiger partial charge in [-0.3, -0.25) is 4.79 Å². The summed E-state index contributed by atoms with van der Waals surface area (Å²) in [6, 6.07) is 16.4. The lowest BCUT2D eigenvalue weighted by atomic mass is 9.95. The number of carbonyl (C=O) groups is 1. The Bertz CT molecular complexity index is 1410. The van der Waals surface area contributed by atoms with Crippen molar-refractivity contribution >= 4 is 23.2 Å². The van der Waals surface area contributed by atoms with Crippen LogP contribution < -0.4 is 5.32 Å². The number of halogens is 4. The van der Waals surface area contributed by atoms with Crippen molar-refractivity contribution in [3.05, 3.63) is 83.1 Å². The van der Waals surface area contributed by atoms with Crippen molar-refractivity contribution < 1.29 is 18.0 Å². The summed E-state index contributed by atoms with van der Waals surface area (Å²) in [5.74, 6) is -0.00191. The van der Waals surface area contributed by atoms with Crippen LogP contribution >= 0.6 is 11.6 Å². The number of hydrogen-bond donors (Lipinski definition) is 1. The maximum absolute atomic E-state index is 13.3. The number of amides is 1. The number of benzene rings is 2. The summed E-state index contributed by atoms with van der Waals surface area (Å²) >= 11 is 6.09. The molecule has 0 radical (unpaired) electrons. The van der Waals surface area contributed by atoms with Gasteiger partial charge in [0.25, 0.3) is 0 Å². The molecule has 0 saturated heterocycles. The van der Waals surface area contributed by atoms with E-state index in [1.54, 1.807) is 36.5 Å². The van der Waals surface area contributed by atoms with Gasteiger partial charge in [-0.05, 0) is 66.8 Å². The van der Waals surface area contributed by atoms with Crippen LogP contribution in [0.5, 0.6) is 0 Å². The molecule has 1 aliphatic rings. The number of rotatable bonds is 6. The van der Waals surface area contributed by atoms with Gasteiger partial charge < -0.3 is 9.72 Å². The van der Waals surface area contributed by atoms with Crippen molar-refractivity contribution in [2.75, 3.05) is 0 Å². The second-order valence-corrected chi connectivity index (χ2v) is 9.98. The van der Waals surface area contributed by atoms with Crippen molar-refractivity contribution in [1.82, 2.24) is 14.7 Å². The number of nitrogens with one attached hydrogen (secondary N) is 1. The van der Waals surface area contributed by atoms with E-state index in [0.29, 0.717) is 34.6 Å². The van der Waals surface area contributed by atoms with E-state index >= 15 is 0 Å². The van der Waals surface area contributed by atoms with Gasteiger partial charge in [0.1, 0.15) is 5.65 Å².